The van der Waals surface area contributed by atoms with Crippen molar-refractivity contribution in [1.29, 1.82) is 0 Å². The molecule has 3 rings (SSSR count). The van der Waals surface area contributed by atoms with Gasteiger partial charge in [0, 0.05) is 5.56 Å². The number of ether oxygens (including phenoxy) is 1. The molecule has 0 unspecified atom stereocenters. The monoisotopic (exact) mass is 456 g/mol. The minimum absolute atomic E-state index is 0. The number of furan rings is 1. The number of sulfonamides is 1. The van der Waals surface area contributed by atoms with E-state index < -0.39 is 10.0 Å². The largest absolute Gasteiger partial charge is 0.495 e. The van der Waals surface area contributed by atoms with E-state index in [9.17, 15) is 8.42 Å². The Labute approximate surface area is 181 Å². The van der Waals surface area contributed by atoms with Crippen molar-refractivity contribution in [2.45, 2.75) is 17.9 Å². The molecule has 1 heterocycles. The van der Waals surface area contributed by atoms with Crippen molar-refractivity contribution in [2.24, 2.45) is 5.14 Å². The van der Waals surface area contributed by atoms with Crippen molar-refractivity contribution in [3.8, 4) is 17.1 Å². The lowest BCUT2D eigenvalue weighted by molar-refractivity contribution is 0.415. The van der Waals surface area contributed by atoms with Gasteiger partial charge < -0.3 is 14.5 Å². The Morgan fingerprint density at radius 2 is 1.83 bits per heavy atom. The Kier molecular flexibility index (Phi) is 8.13. The summed E-state index contributed by atoms with van der Waals surface area (Å²) in [6.07, 6.45) is 0.757. The zero-order valence-corrected chi connectivity index (χ0v) is 18.1. The van der Waals surface area contributed by atoms with Crippen molar-refractivity contribution in [3.63, 3.8) is 0 Å². The van der Waals surface area contributed by atoms with Gasteiger partial charge in [-0.1, -0.05) is 23.7 Å². The fraction of sp³-hybridized carbons (Fsp3) is 0.200. The molecule has 0 aliphatic carbocycles. The second kappa shape index (κ2) is 10.1. The molecule has 0 radical (unpaired) electrons. The summed E-state index contributed by atoms with van der Waals surface area (Å²) in [5, 5.41) is 8.93. The number of nitrogens with two attached hydrogens (primary N) is 1. The SMILES string of the molecule is COc1ccc(-c2ccc(CNCCc3ccc(S(N)(=O)=O)cc3)o2)cc1Cl.Cl. The van der Waals surface area contributed by atoms with Gasteiger partial charge in [0.15, 0.2) is 0 Å². The van der Waals surface area contributed by atoms with Crippen LogP contribution in [0.25, 0.3) is 11.3 Å². The molecule has 1 aromatic heterocycles. The summed E-state index contributed by atoms with van der Waals surface area (Å²) in [6, 6.07) is 15.9. The first-order valence-corrected chi connectivity index (χ1v) is 10.5. The van der Waals surface area contributed by atoms with E-state index in [-0.39, 0.29) is 17.3 Å². The molecule has 156 valence electrons. The van der Waals surface area contributed by atoms with Crippen molar-refractivity contribution >= 4 is 34.0 Å². The molecule has 0 saturated carbocycles. The van der Waals surface area contributed by atoms with Gasteiger partial charge in [0.2, 0.25) is 10.0 Å². The second-order valence-electron chi connectivity index (χ2n) is 6.23. The topological polar surface area (TPSA) is 94.6 Å². The van der Waals surface area contributed by atoms with Gasteiger partial charge in [-0.25, -0.2) is 13.6 Å². The standard InChI is InChI=1S/C20H21ClN2O4S.ClH/c1-26-20-8-4-15(12-18(20)21)19-9-5-16(27-19)13-23-11-10-14-2-6-17(7-3-14)28(22,24)25;/h2-9,12,23H,10-11,13H2,1H3,(H2,22,24,25);1H. The van der Waals surface area contributed by atoms with Crippen LogP contribution in [0.3, 0.4) is 0 Å². The molecule has 0 aliphatic rings. The van der Waals surface area contributed by atoms with E-state index in [0.717, 1.165) is 35.6 Å². The molecule has 0 saturated heterocycles. The zero-order valence-electron chi connectivity index (χ0n) is 15.7. The van der Waals surface area contributed by atoms with Gasteiger partial charge in [-0.15, -0.1) is 12.4 Å². The number of rotatable bonds is 8. The minimum Gasteiger partial charge on any atom is -0.495 e. The zero-order chi connectivity index (χ0) is 20.1. The summed E-state index contributed by atoms with van der Waals surface area (Å²) in [4.78, 5) is 0.117. The molecule has 3 N–H and O–H groups in total. The smallest absolute Gasteiger partial charge is 0.238 e. The Morgan fingerprint density at radius 3 is 2.45 bits per heavy atom. The van der Waals surface area contributed by atoms with Gasteiger partial charge in [0.25, 0.3) is 0 Å². The molecule has 0 spiro atoms. The number of primary sulfonamides is 1. The van der Waals surface area contributed by atoms with E-state index in [1.807, 2.05) is 24.3 Å². The molecule has 3 aromatic rings. The molecule has 0 aliphatic heterocycles. The van der Waals surface area contributed by atoms with E-state index in [1.165, 1.54) is 12.1 Å². The summed E-state index contributed by atoms with van der Waals surface area (Å²) in [7, 11) is -2.08. The van der Waals surface area contributed by atoms with Gasteiger partial charge in [-0.3, -0.25) is 0 Å². The Hall–Kier alpha value is -2.03. The average Bonchev–Trinajstić information content (AvgIpc) is 3.14. The highest BCUT2D eigenvalue weighted by atomic mass is 35.5. The quantitative estimate of drug-likeness (QED) is 0.499. The van der Waals surface area contributed by atoms with E-state index in [4.69, 9.17) is 25.9 Å². The maximum atomic E-state index is 11.3. The lowest BCUT2D eigenvalue weighted by Gasteiger charge is -2.05. The molecule has 0 bridgehead atoms. The van der Waals surface area contributed by atoms with Crippen molar-refractivity contribution in [3.05, 3.63) is 70.9 Å². The highest BCUT2D eigenvalue weighted by Gasteiger charge is 2.09. The van der Waals surface area contributed by atoms with Crippen LogP contribution in [0.2, 0.25) is 5.02 Å². The number of nitrogens with one attached hydrogen (secondary N) is 1. The van der Waals surface area contributed by atoms with Gasteiger partial charge in [0.05, 0.1) is 23.6 Å². The van der Waals surface area contributed by atoms with Crippen LogP contribution in [0.5, 0.6) is 5.75 Å². The summed E-state index contributed by atoms with van der Waals surface area (Å²) in [5.41, 5.74) is 1.90. The van der Waals surface area contributed by atoms with Crippen LogP contribution in [0.1, 0.15) is 11.3 Å². The fourth-order valence-electron chi connectivity index (χ4n) is 2.74. The van der Waals surface area contributed by atoms with E-state index in [2.05, 4.69) is 5.32 Å². The van der Waals surface area contributed by atoms with Crippen LogP contribution < -0.4 is 15.2 Å². The van der Waals surface area contributed by atoms with Gasteiger partial charge >= 0.3 is 0 Å². The predicted molar refractivity (Wildman–Crippen MR) is 116 cm³/mol. The first kappa shape index (κ1) is 23.3. The number of halogens is 2. The Bertz CT molecular complexity index is 1050. The molecule has 0 atom stereocenters. The third kappa shape index (κ3) is 6.22. The van der Waals surface area contributed by atoms with Crippen LogP contribution in [0, 0.1) is 0 Å². The highest BCUT2D eigenvalue weighted by molar-refractivity contribution is 7.89. The van der Waals surface area contributed by atoms with Crippen molar-refractivity contribution < 1.29 is 17.6 Å². The van der Waals surface area contributed by atoms with Crippen LogP contribution >= 0.6 is 24.0 Å². The number of benzene rings is 2. The molecule has 6 nitrogen and oxygen atoms in total. The predicted octanol–water partition coefficient (Wildman–Crippen LogP) is 4.01. The molecular formula is C20H22Cl2N2O4S. The van der Waals surface area contributed by atoms with E-state index in [0.29, 0.717) is 17.3 Å². The van der Waals surface area contributed by atoms with Crippen LogP contribution in [0.4, 0.5) is 0 Å². The minimum atomic E-state index is -3.65. The van der Waals surface area contributed by atoms with Crippen LogP contribution in [-0.4, -0.2) is 22.1 Å². The molecule has 9 heteroatoms. The third-order valence-electron chi connectivity index (χ3n) is 4.24. The first-order chi connectivity index (χ1) is 13.4. The maximum absolute atomic E-state index is 11.3. The van der Waals surface area contributed by atoms with Crippen molar-refractivity contribution in [1.82, 2.24) is 5.32 Å². The van der Waals surface area contributed by atoms with Crippen molar-refractivity contribution in [2.75, 3.05) is 13.7 Å². The van der Waals surface area contributed by atoms with E-state index >= 15 is 0 Å². The fourth-order valence-corrected chi connectivity index (χ4v) is 3.51. The summed E-state index contributed by atoms with van der Waals surface area (Å²) < 4.78 is 33.5. The average molecular weight is 457 g/mol. The number of hydrogen-bond donors (Lipinski definition) is 2. The summed E-state index contributed by atoms with van der Waals surface area (Å²) in [6.45, 7) is 1.30. The van der Waals surface area contributed by atoms with E-state index in [1.54, 1.807) is 25.3 Å². The van der Waals surface area contributed by atoms with Gasteiger partial charge in [-0.05, 0) is 61.0 Å². The third-order valence-corrected chi connectivity index (χ3v) is 5.46. The lowest BCUT2D eigenvalue weighted by Crippen LogP contribution is -2.16. The second-order valence-corrected chi connectivity index (χ2v) is 8.20. The lowest BCUT2D eigenvalue weighted by atomic mass is 10.1. The maximum Gasteiger partial charge on any atom is 0.238 e. The number of hydrogen-bond acceptors (Lipinski definition) is 5. The summed E-state index contributed by atoms with van der Waals surface area (Å²) in [5.74, 6) is 2.17. The van der Waals surface area contributed by atoms with Gasteiger partial charge in [0.1, 0.15) is 17.3 Å². The molecule has 29 heavy (non-hydrogen) atoms. The Balaban J connectivity index is 0.00000300. The highest BCUT2D eigenvalue weighted by Crippen LogP contribution is 2.31. The first-order valence-electron chi connectivity index (χ1n) is 8.62. The molecule has 0 fully saturated rings. The normalized spacial score (nSPS) is 11.1. The summed E-state index contributed by atoms with van der Waals surface area (Å²) >= 11 is 6.16. The molecule has 2 aromatic carbocycles. The van der Waals surface area contributed by atoms with Gasteiger partial charge in [-0.2, -0.15) is 0 Å². The van der Waals surface area contributed by atoms with Crippen LogP contribution in [-0.2, 0) is 23.0 Å². The molecule has 0 amide bonds. The number of methoxy groups -OCH3 is 1. The van der Waals surface area contributed by atoms with Crippen LogP contribution in [0.15, 0.2) is 63.9 Å². The molecular weight excluding hydrogens is 435 g/mol. The Morgan fingerprint density at radius 1 is 1.10 bits per heavy atom.